The Morgan fingerprint density at radius 1 is 1.23 bits per heavy atom. The zero-order valence-electron chi connectivity index (χ0n) is 15.4. The molecule has 0 unspecified atom stereocenters. The lowest BCUT2D eigenvalue weighted by Gasteiger charge is -2.24. The first-order chi connectivity index (χ1) is 12.6. The van der Waals surface area contributed by atoms with Crippen LogP contribution in [0.15, 0.2) is 36.7 Å². The molecule has 1 aliphatic rings. The maximum atomic E-state index is 12.0. The van der Waals surface area contributed by atoms with Gasteiger partial charge in [0, 0.05) is 14.1 Å². The summed E-state index contributed by atoms with van der Waals surface area (Å²) in [5, 5.41) is 0. The molecule has 7 nitrogen and oxygen atoms in total. The van der Waals surface area contributed by atoms with Gasteiger partial charge in [-0.2, -0.15) is 0 Å². The van der Waals surface area contributed by atoms with E-state index in [1.807, 2.05) is 24.3 Å². The number of likely N-dealkylation sites (tertiary alicyclic amines) is 1. The van der Waals surface area contributed by atoms with E-state index in [2.05, 4.69) is 14.9 Å². The number of likely N-dealkylation sites (N-methyl/N-ethyl adjacent to an activating group) is 1. The van der Waals surface area contributed by atoms with E-state index in [1.54, 1.807) is 38.5 Å². The van der Waals surface area contributed by atoms with Crippen molar-refractivity contribution >= 4 is 5.91 Å². The molecule has 138 valence electrons. The monoisotopic (exact) mass is 356 g/mol. The average molecular weight is 356 g/mol. The SMILES string of the molecule is COc1ccc(Oc2cncc([C@H]3CCCN3CC(=O)N(C)C)n2)cc1. The second-order valence-electron chi connectivity index (χ2n) is 6.48. The summed E-state index contributed by atoms with van der Waals surface area (Å²) < 4.78 is 11.0. The van der Waals surface area contributed by atoms with Crippen LogP contribution in [-0.4, -0.2) is 60.0 Å². The van der Waals surface area contributed by atoms with Gasteiger partial charge < -0.3 is 14.4 Å². The number of ether oxygens (including phenoxy) is 2. The van der Waals surface area contributed by atoms with E-state index < -0.39 is 0 Å². The van der Waals surface area contributed by atoms with Crippen molar-refractivity contribution in [3.63, 3.8) is 0 Å². The molecule has 0 spiro atoms. The van der Waals surface area contributed by atoms with Crippen molar-refractivity contribution in [2.75, 3.05) is 34.3 Å². The number of hydrogen-bond donors (Lipinski definition) is 0. The number of carbonyl (C=O) groups excluding carboxylic acids is 1. The lowest BCUT2D eigenvalue weighted by Crippen LogP contribution is -2.36. The molecule has 1 atom stereocenters. The van der Waals surface area contributed by atoms with E-state index in [-0.39, 0.29) is 11.9 Å². The quantitative estimate of drug-likeness (QED) is 0.792. The minimum absolute atomic E-state index is 0.0887. The molecular formula is C19H24N4O3. The summed E-state index contributed by atoms with van der Waals surface area (Å²) in [6.07, 6.45) is 5.35. The van der Waals surface area contributed by atoms with Gasteiger partial charge in [-0.15, -0.1) is 0 Å². The molecule has 1 amide bonds. The summed E-state index contributed by atoms with van der Waals surface area (Å²) in [5.74, 6) is 1.97. The Bertz CT molecular complexity index is 749. The molecule has 3 rings (SSSR count). The standard InChI is InChI=1S/C19H24N4O3/c1-22(2)19(24)13-23-10-4-5-17(23)16-11-20-12-18(21-16)26-15-8-6-14(25-3)7-9-15/h6-9,11-12,17H,4-5,10,13H2,1-3H3/t17-/m1/s1. The Labute approximate surface area is 153 Å². The van der Waals surface area contributed by atoms with Gasteiger partial charge in [-0.25, -0.2) is 4.98 Å². The lowest BCUT2D eigenvalue weighted by molar-refractivity contribution is -0.130. The van der Waals surface area contributed by atoms with E-state index in [0.29, 0.717) is 18.2 Å². The molecule has 0 saturated carbocycles. The predicted octanol–water partition coefficient (Wildman–Crippen LogP) is 2.50. The van der Waals surface area contributed by atoms with Crippen LogP contribution >= 0.6 is 0 Å². The van der Waals surface area contributed by atoms with Gasteiger partial charge in [0.1, 0.15) is 11.5 Å². The molecule has 1 aromatic heterocycles. The van der Waals surface area contributed by atoms with Gasteiger partial charge in [0.2, 0.25) is 11.8 Å². The van der Waals surface area contributed by atoms with Crippen molar-refractivity contribution in [1.29, 1.82) is 0 Å². The third-order valence-electron chi connectivity index (χ3n) is 4.46. The second kappa shape index (κ2) is 8.14. The summed E-state index contributed by atoms with van der Waals surface area (Å²) in [7, 11) is 5.17. The second-order valence-corrected chi connectivity index (χ2v) is 6.48. The Balaban J connectivity index is 1.72. The fraction of sp³-hybridized carbons (Fsp3) is 0.421. The van der Waals surface area contributed by atoms with E-state index >= 15 is 0 Å². The van der Waals surface area contributed by atoms with Crippen LogP contribution in [0.3, 0.4) is 0 Å². The molecule has 7 heteroatoms. The molecule has 0 aliphatic carbocycles. The first kappa shape index (κ1) is 18.1. The van der Waals surface area contributed by atoms with Crippen LogP contribution < -0.4 is 9.47 Å². The number of rotatable bonds is 6. The van der Waals surface area contributed by atoms with E-state index in [0.717, 1.165) is 30.8 Å². The molecule has 0 bridgehead atoms. The predicted molar refractivity (Wildman–Crippen MR) is 97.3 cm³/mol. The maximum Gasteiger partial charge on any atom is 0.238 e. The largest absolute Gasteiger partial charge is 0.497 e. The molecule has 26 heavy (non-hydrogen) atoms. The van der Waals surface area contributed by atoms with Crippen molar-refractivity contribution in [3.05, 3.63) is 42.4 Å². The highest BCUT2D eigenvalue weighted by atomic mass is 16.5. The third-order valence-corrected chi connectivity index (χ3v) is 4.46. The number of methoxy groups -OCH3 is 1. The van der Waals surface area contributed by atoms with Gasteiger partial charge in [-0.05, 0) is 43.7 Å². The fourth-order valence-corrected chi connectivity index (χ4v) is 3.00. The van der Waals surface area contributed by atoms with Gasteiger partial charge in [0.25, 0.3) is 0 Å². The molecule has 1 aliphatic heterocycles. The van der Waals surface area contributed by atoms with Crippen LogP contribution in [0.4, 0.5) is 0 Å². The summed E-state index contributed by atoms with van der Waals surface area (Å²) in [4.78, 5) is 24.7. The average Bonchev–Trinajstić information content (AvgIpc) is 3.10. The van der Waals surface area contributed by atoms with Crippen LogP contribution in [0.1, 0.15) is 24.6 Å². The molecule has 0 N–H and O–H groups in total. The maximum absolute atomic E-state index is 12.0. The van der Waals surface area contributed by atoms with Crippen LogP contribution in [-0.2, 0) is 4.79 Å². The van der Waals surface area contributed by atoms with Gasteiger partial charge in [0.05, 0.1) is 37.8 Å². The highest BCUT2D eigenvalue weighted by Crippen LogP contribution is 2.31. The molecule has 1 aromatic carbocycles. The molecule has 0 radical (unpaired) electrons. The molecule has 1 saturated heterocycles. The number of aromatic nitrogens is 2. The van der Waals surface area contributed by atoms with Crippen LogP contribution in [0.2, 0.25) is 0 Å². The van der Waals surface area contributed by atoms with E-state index in [1.165, 1.54) is 0 Å². The Morgan fingerprint density at radius 3 is 2.65 bits per heavy atom. The summed E-state index contributed by atoms with van der Waals surface area (Å²) in [6.45, 7) is 1.28. The Kier molecular flexibility index (Phi) is 5.68. The number of nitrogens with zero attached hydrogens (tertiary/aromatic N) is 4. The van der Waals surface area contributed by atoms with Crippen molar-refractivity contribution in [3.8, 4) is 17.4 Å². The van der Waals surface area contributed by atoms with E-state index in [9.17, 15) is 4.79 Å². The van der Waals surface area contributed by atoms with Gasteiger partial charge >= 0.3 is 0 Å². The van der Waals surface area contributed by atoms with Gasteiger partial charge in [-0.3, -0.25) is 14.7 Å². The van der Waals surface area contributed by atoms with Gasteiger partial charge in [0.15, 0.2) is 0 Å². The number of benzene rings is 1. The first-order valence-electron chi connectivity index (χ1n) is 8.65. The van der Waals surface area contributed by atoms with Crippen molar-refractivity contribution < 1.29 is 14.3 Å². The minimum Gasteiger partial charge on any atom is -0.497 e. The van der Waals surface area contributed by atoms with Crippen molar-refractivity contribution in [1.82, 2.24) is 19.8 Å². The topological polar surface area (TPSA) is 67.8 Å². The zero-order chi connectivity index (χ0) is 18.5. The normalized spacial score (nSPS) is 17.1. The Hall–Kier alpha value is -2.67. The van der Waals surface area contributed by atoms with Crippen LogP contribution in [0.25, 0.3) is 0 Å². The molecule has 2 aromatic rings. The molecule has 1 fully saturated rings. The smallest absolute Gasteiger partial charge is 0.238 e. The van der Waals surface area contributed by atoms with Crippen LogP contribution in [0.5, 0.6) is 17.4 Å². The molecular weight excluding hydrogens is 332 g/mol. The number of amides is 1. The highest BCUT2D eigenvalue weighted by molar-refractivity contribution is 5.77. The number of carbonyl (C=O) groups is 1. The van der Waals surface area contributed by atoms with E-state index in [4.69, 9.17) is 9.47 Å². The van der Waals surface area contributed by atoms with Crippen molar-refractivity contribution in [2.24, 2.45) is 0 Å². The fourth-order valence-electron chi connectivity index (χ4n) is 3.00. The molecule has 2 heterocycles. The zero-order valence-corrected chi connectivity index (χ0v) is 15.4. The first-order valence-corrected chi connectivity index (χ1v) is 8.65. The van der Waals surface area contributed by atoms with Crippen LogP contribution in [0, 0.1) is 0 Å². The minimum atomic E-state index is 0.0887. The summed E-state index contributed by atoms with van der Waals surface area (Å²) >= 11 is 0. The number of hydrogen-bond acceptors (Lipinski definition) is 6. The van der Waals surface area contributed by atoms with Gasteiger partial charge in [-0.1, -0.05) is 0 Å². The highest BCUT2D eigenvalue weighted by Gasteiger charge is 2.29. The lowest BCUT2D eigenvalue weighted by atomic mass is 10.1. The Morgan fingerprint density at radius 2 is 1.96 bits per heavy atom. The van der Waals surface area contributed by atoms with Crippen molar-refractivity contribution in [2.45, 2.75) is 18.9 Å². The summed E-state index contributed by atoms with van der Waals surface area (Å²) in [5.41, 5.74) is 0.833. The summed E-state index contributed by atoms with van der Waals surface area (Å²) in [6, 6.07) is 7.40. The third kappa shape index (κ3) is 4.29.